The molecule has 0 saturated heterocycles. The van der Waals surface area contributed by atoms with Crippen LogP contribution in [0.1, 0.15) is 18.9 Å². The van der Waals surface area contributed by atoms with Gasteiger partial charge in [0.15, 0.2) is 0 Å². The van der Waals surface area contributed by atoms with Crippen LogP contribution in [0.5, 0.6) is 0 Å². The quantitative estimate of drug-likeness (QED) is 0.771. The lowest BCUT2D eigenvalue weighted by Gasteiger charge is -2.12. The van der Waals surface area contributed by atoms with Crippen molar-refractivity contribution in [3.63, 3.8) is 0 Å². The van der Waals surface area contributed by atoms with Crippen LogP contribution in [0.15, 0.2) is 24.3 Å². The van der Waals surface area contributed by atoms with E-state index in [0.717, 1.165) is 11.4 Å². The standard InChI is InChI=1S/C11H13ClO/c1-11(6-8(11)7-13)9-4-2-3-5-10(9)12/h2-5,8,13H,6-7H2,1H3/t8-,11-/m0/s1. The van der Waals surface area contributed by atoms with Crippen molar-refractivity contribution in [2.75, 3.05) is 6.61 Å². The van der Waals surface area contributed by atoms with E-state index in [1.165, 1.54) is 5.56 Å². The fourth-order valence-electron chi connectivity index (χ4n) is 1.97. The average Bonchev–Trinajstić information content (AvgIpc) is 2.79. The second-order valence-corrected chi connectivity index (χ2v) is 4.39. The largest absolute Gasteiger partial charge is 0.396 e. The molecule has 0 bridgehead atoms. The van der Waals surface area contributed by atoms with Gasteiger partial charge in [0.1, 0.15) is 0 Å². The third-order valence-corrected chi connectivity index (χ3v) is 3.45. The molecule has 0 heterocycles. The van der Waals surface area contributed by atoms with Crippen LogP contribution in [0, 0.1) is 5.92 Å². The first-order chi connectivity index (χ1) is 6.18. The molecule has 0 amide bonds. The highest BCUT2D eigenvalue weighted by Crippen LogP contribution is 2.55. The van der Waals surface area contributed by atoms with Crippen LogP contribution in [0.4, 0.5) is 0 Å². The molecule has 0 spiro atoms. The van der Waals surface area contributed by atoms with Crippen molar-refractivity contribution in [2.45, 2.75) is 18.8 Å². The number of hydrogen-bond acceptors (Lipinski definition) is 1. The summed E-state index contributed by atoms with van der Waals surface area (Å²) < 4.78 is 0. The minimum absolute atomic E-state index is 0.118. The monoisotopic (exact) mass is 196 g/mol. The van der Waals surface area contributed by atoms with Crippen LogP contribution in [0.2, 0.25) is 5.02 Å². The van der Waals surface area contributed by atoms with Crippen molar-refractivity contribution in [1.82, 2.24) is 0 Å². The number of aliphatic hydroxyl groups excluding tert-OH is 1. The minimum atomic E-state index is 0.118. The van der Waals surface area contributed by atoms with Crippen LogP contribution in [0.25, 0.3) is 0 Å². The highest BCUT2D eigenvalue weighted by molar-refractivity contribution is 6.31. The summed E-state index contributed by atoms with van der Waals surface area (Å²) in [5.74, 6) is 0.396. The topological polar surface area (TPSA) is 20.2 Å². The molecule has 13 heavy (non-hydrogen) atoms. The first kappa shape index (κ1) is 9.04. The maximum atomic E-state index is 9.05. The Balaban J connectivity index is 2.32. The van der Waals surface area contributed by atoms with Gasteiger partial charge in [-0.2, -0.15) is 0 Å². The Morgan fingerprint density at radius 3 is 2.77 bits per heavy atom. The molecule has 2 atom stereocenters. The van der Waals surface area contributed by atoms with E-state index in [1.807, 2.05) is 18.2 Å². The van der Waals surface area contributed by atoms with Crippen molar-refractivity contribution >= 4 is 11.6 Å². The lowest BCUT2D eigenvalue weighted by Crippen LogP contribution is -2.07. The van der Waals surface area contributed by atoms with E-state index >= 15 is 0 Å². The average molecular weight is 197 g/mol. The molecule has 1 aliphatic carbocycles. The fourth-order valence-corrected chi connectivity index (χ4v) is 2.32. The highest BCUT2D eigenvalue weighted by Gasteiger charge is 2.51. The van der Waals surface area contributed by atoms with Crippen molar-refractivity contribution in [1.29, 1.82) is 0 Å². The molecule has 0 radical (unpaired) electrons. The Morgan fingerprint density at radius 2 is 2.23 bits per heavy atom. The molecule has 1 fully saturated rings. The molecule has 0 unspecified atom stereocenters. The van der Waals surface area contributed by atoms with Gasteiger partial charge < -0.3 is 5.11 Å². The molecule has 1 N–H and O–H groups in total. The van der Waals surface area contributed by atoms with Gasteiger partial charge in [-0.25, -0.2) is 0 Å². The van der Waals surface area contributed by atoms with Crippen LogP contribution in [0.3, 0.4) is 0 Å². The third kappa shape index (κ3) is 1.36. The minimum Gasteiger partial charge on any atom is -0.396 e. The maximum Gasteiger partial charge on any atom is 0.0468 e. The van der Waals surface area contributed by atoms with Crippen LogP contribution in [-0.2, 0) is 5.41 Å². The smallest absolute Gasteiger partial charge is 0.0468 e. The zero-order valence-corrected chi connectivity index (χ0v) is 8.38. The van der Waals surface area contributed by atoms with E-state index < -0.39 is 0 Å². The van der Waals surface area contributed by atoms with E-state index in [9.17, 15) is 0 Å². The van der Waals surface area contributed by atoms with E-state index in [-0.39, 0.29) is 12.0 Å². The Labute approximate surface area is 83.3 Å². The lowest BCUT2D eigenvalue weighted by atomic mass is 9.96. The van der Waals surface area contributed by atoms with Gasteiger partial charge in [0.25, 0.3) is 0 Å². The summed E-state index contributed by atoms with van der Waals surface area (Å²) in [5.41, 5.74) is 1.29. The normalized spacial score (nSPS) is 31.8. The molecule has 2 heteroatoms. The second kappa shape index (κ2) is 3.00. The van der Waals surface area contributed by atoms with Gasteiger partial charge in [-0.05, 0) is 29.4 Å². The zero-order chi connectivity index (χ0) is 9.47. The molecule has 1 aromatic carbocycles. The molecular formula is C11H13ClO. The van der Waals surface area contributed by atoms with Crippen molar-refractivity contribution in [3.05, 3.63) is 34.9 Å². The summed E-state index contributed by atoms with van der Waals surface area (Å²) in [4.78, 5) is 0. The Bertz CT molecular complexity index is 324. The van der Waals surface area contributed by atoms with Crippen LogP contribution >= 0.6 is 11.6 Å². The van der Waals surface area contributed by atoms with Gasteiger partial charge in [0.2, 0.25) is 0 Å². The summed E-state index contributed by atoms with van der Waals surface area (Å²) in [5, 5.41) is 9.87. The highest BCUT2D eigenvalue weighted by atomic mass is 35.5. The SMILES string of the molecule is C[C@]1(c2ccccc2Cl)C[C@H]1CO. The molecule has 1 aromatic rings. The molecule has 1 nitrogen and oxygen atoms in total. The number of benzene rings is 1. The fraction of sp³-hybridized carbons (Fsp3) is 0.455. The molecule has 2 rings (SSSR count). The van der Waals surface area contributed by atoms with Gasteiger partial charge in [0.05, 0.1) is 0 Å². The van der Waals surface area contributed by atoms with Crippen molar-refractivity contribution < 1.29 is 5.11 Å². The zero-order valence-electron chi connectivity index (χ0n) is 7.63. The number of halogens is 1. The molecule has 0 aliphatic heterocycles. The summed E-state index contributed by atoms with van der Waals surface area (Å²) in [6, 6.07) is 7.90. The van der Waals surface area contributed by atoms with Crippen LogP contribution in [-0.4, -0.2) is 11.7 Å². The first-order valence-corrected chi connectivity index (χ1v) is 4.92. The van der Waals surface area contributed by atoms with Gasteiger partial charge >= 0.3 is 0 Å². The van der Waals surface area contributed by atoms with Gasteiger partial charge in [-0.15, -0.1) is 0 Å². The van der Waals surface area contributed by atoms with Crippen molar-refractivity contribution in [3.8, 4) is 0 Å². The van der Waals surface area contributed by atoms with Crippen molar-refractivity contribution in [2.24, 2.45) is 5.92 Å². The predicted molar refractivity (Wildman–Crippen MR) is 54.0 cm³/mol. The molecule has 70 valence electrons. The van der Waals surface area contributed by atoms with Crippen LogP contribution < -0.4 is 0 Å². The van der Waals surface area contributed by atoms with Gasteiger partial charge in [0, 0.05) is 11.6 Å². The maximum absolute atomic E-state index is 9.05. The Morgan fingerprint density at radius 1 is 1.54 bits per heavy atom. The number of hydrogen-bond donors (Lipinski definition) is 1. The van der Waals surface area contributed by atoms with E-state index in [2.05, 4.69) is 13.0 Å². The van der Waals surface area contributed by atoms with Gasteiger partial charge in [-0.1, -0.05) is 36.7 Å². The summed E-state index contributed by atoms with van der Waals surface area (Å²) in [6.45, 7) is 2.43. The third-order valence-electron chi connectivity index (χ3n) is 3.12. The number of rotatable bonds is 2. The predicted octanol–water partition coefficient (Wildman–Crippen LogP) is 2.61. The molecule has 1 aliphatic rings. The lowest BCUT2D eigenvalue weighted by molar-refractivity contribution is 0.265. The summed E-state index contributed by atoms with van der Waals surface area (Å²) in [7, 11) is 0. The molecule has 1 saturated carbocycles. The van der Waals surface area contributed by atoms with E-state index in [4.69, 9.17) is 16.7 Å². The van der Waals surface area contributed by atoms with Gasteiger partial charge in [-0.3, -0.25) is 0 Å². The molecule has 0 aromatic heterocycles. The second-order valence-electron chi connectivity index (χ2n) is 3.98. The number of aliphatic hydroxyl groups is 1. The Hall–Kier alpha value is -0.530. The summed E-state index contributed by atoms with van der Waals surface area (Å²) in [6.07, 6.45) is 1.05. The Kier molecular flexibility index (Phi) is 2.09. The van der Waals surface area contributed by atoms with E-state index in [0.29, 0.717) is 5.92 Å². The summed E-state index contributed by atoms with van der Waals surface area (Å²) >= 11 is 6.09. The molecular weight excluding hydrogens is 184 g/mol. The van der Waals surface area contributed by atoms with E-state index in [1.54, 1.807) is 0 Å². The first-order valence-electron chi connectivity index (χ1n) is 4.54.